The lowest BCUT2D eigenvalue weighted by molar-refractivity contribution is 0.0994. The van der Waals surface area contributed by atoms with E-state index in [1.807, 2.05) is 44.2 Å². The van der Waals surface area contributed by atoms with Crippen molar-refractivity contribution >= 4 is 23.4 Å². The van der Waals surface area contributed by atoms with E-state index in [2.05, 4.69) is 15.3 Å². The zero-order valence-corrected chi connectivity index (χ0v) is 17.8. The number of aromatic nitrogens is 3. The van der Waals surface area contributed by atoms with Gasteiger partial charge in [-0.3, -0.25) is 9.59 Å². The van der Waals surface area contributed by atoms with E-state index in [4.69, 9.17) is 4.42 Å². The summed E-state index contributed by atoms with van der Waals surface area (Å²) < 4.78 is 7.12. The Balaban J connectivity index is 1.39. The lowest BCUT2D eigenvalue weighted by atomic mass is 10.3. The summed E-state index contributed by atoms with van der Waals surface area (Å²) in [5.41, 5.74) is 2.37. The normalized spacial score (nSPS) is 10.8. The molecule has 0 radical (unpaired) electrons. The molecule has 0 unspecified atom stereocenters. The van der Waals surface area contributed by atoms with Crippen LogP contribution in [0.2, 0.25) is 0 Å². The van der Waals surface area contributed by atoms with Gasteiger partial charge in [0.25, 0.3) is 11.5 Å². The number of hydrogen-bond donors (Lipinski definition) is 1. The fraction of sp³-hybridized carbons (Fsp3) is 0.130. The number of amides is 1. The van der Waals surface area contributed by atoms with E-state index >= 15 is 0 Å². The molecule has 0 aliphatic heterocycles. The predicted octanol–water partition coefficient (Wildman–Crippen LogP) is 4.30. The van der Waals surface area contributed by atoms with Gasteiger partial charge in [0.15, 0.2) is 10.9 Å². The predicted molar refractivity (Wildman–Crippen MR) is 119 cm³/mol. The van der Waals surface area contributed by atoms with Crippen LogP contribution in [0.25, 0.3) is 0 Å². The highest BCUT2D eigenvalue weighted by Crippen LogP contribution is 2.26. The smallest absolute Gasteiger partial charge is 0.291 e. The number of nitrogens with one attached hydrogen (secondary N) is 1. The third kappa shape index (κ3) is 5.29. The molecule has 0 fully saturated rings. The Labute approximate surface area is 183 Å². The van der Waals surface area contributed by atoms with Crippen LogP contribution in [0.1, 0.15) is 27.7 Å². The minimum Gasteiger partial charge on any atom is -0.454 e. The third-order valence-corrected chi connectivity index (χ3v) is 5.27. The first kappa shape index (κ1) is 20.6. The van der Waals surface area contributed by atoms with Gasteiger partial charge in [0.05, 0.1) is 6.54 Å². The molecule has 0 spiro atoms. The third-order valence-electron chi connectivity index (χ3n) is 4.39. The van der Waals surface area contributed by atoms with Crippen LogP contribution >= 0.6 is 11.8 Å². The largest absolute Gasteiger partial charge is 0.454 e. The lowest BCUT2D eigenvalue weighted by Crippen LogP contribution is -2.18. The van der Waals surface area contributed by atoms with Gasteiger partial charge in [0, 0.05) is 34.2 Å². The number of nitrogens with zero attached hydrogens (tertiary/aromatic N) is 3. The van der Waals surface area contributed by atoms with Gasteiger partial charge >= 0.3 is 0 Å². The van der Waals surface area contributed by atoms with E-state index in [9.17, 15) is 9.59 Å². The number of benzene rings is 1. The molecule has 0 aliphatic rings. The van der Waals surface area contributed by atoms with Gasteiger partial charge in [-0.2, -0.15) is 0 Å². The van der Waals surface area contributed by atoms with Crippen LogP contribution in [0.5, 0.6) is 0 Å². The number of aryl methyl sites for hydroxylation is 2. The molecule has 1 N–H and O–H groups in total. The molecule has 0 aliphatic carbocycles. The highest BCUT2D eigenvalue weighted by atomic mass is 32.2. The van der Waals surface area contributed by atoms with Crippen molar-refractivity contribution in [2.45, 2.75) is 30.4 Å². The van der Waals surface area contributed by atoms with Crippen molar-refractivity contribution in [2.24, 2.45) is 0 Å². The Hall–Kier alpha value is -3.65. The van der Waals surface area contributed by atoms with E-state index in [1.54, 1.807) is 30.5 Å². The maximum atomic E-state index is 12.5. The van der Waals surface area contributed by atoms with Gasteiger partial charge in [-0.15, -0.1) is 0 Å². The molecular weight excluding hydrogens is 412 g/mol. The first-order chi connectivity index (χ1) is 15.0. The maximum absolute atomic E-state index is 12.5. The summed E-state index contributed by atoms with van der Waals surface area (Å²) in [6, 6.07) is 17.6. The van der Waals surface area contributed by atoms with Crippen molar-refractivity contribution in [3.05, 3.63) is 100 Å². The van der Waals surface area contributed by atoms with E-state index in [1.165, 1.54) is 22.4 Å². The molecule has 0 bridgehead atoms. The molecule has 7 nitrogen and oxygen atoms in total. The van der Waals surface area contributed by atoms with Crippen molar-refractivity contribution < 1.29 is 9.21 Å². The van der Waals surface area contributed by atoms with Gasteiger partial charge in [-0.25, -0.2) is 9.97 Å². The summed E-state index contributed by atoms with van der Waals surface area (Å²) in [6.45, 7) is 4.14. The Morgan fingerprint density at radius 2 is 1.77 bits per heavy atom. The molecule has 31 heavy (non-hydrogen) atoms. The quantitative estimate of drug-likeness (QED) is 0.457. The summed E-state index contributed by atoms with van der Waals surface area (Å²) >= 11 is 1.46. The van der Waals surface area contributed by atoms with Crippen LogP contribution in [0, 0.1) is 13.8 Å². The van der Waals surface area contributed by atoms with Gasteiger partial charge < -0.3 is 14.3 Å². The van der Waals surface area contributed by atoms with Gasteiger partial charge in [0.1, 0.15) is 5.76 Å². The second-order valence-electron chi connectivity index (χ2n) is 6.95. The molecule has 0 saturated carbocycles. The van der Waals surface area contributed by atoms with E-state index in [-0.39, 0.29) is 23.8 Å². The molecule has 8 heteroatoms. The van der Waals surface area contributed by atoms with Crippen molar-refractivity contribution in [1.82, 2.24) is 14.5 Å². The molecule has 156 valence electrons. The van der Waals surface area contributed by atoms with Crippen LogP contribution in [-0.4, -0.2) is 20.4 Å². The first-order valence-corrected chi connectivity index (χ1v) is 10.4. The highest BCUT2D eigenvalue weighted by molar-refractivity contribution is 7.99. The minimum atomic E-state index is -0.357. The van der Waals surface area contributed by atoms with Gasteiger partial charge in [0.2, 0.25) is 0 Å². The fourth-order valence-corrected chi connectivity index (χ4v) is 3.85. The molecule has 1 amide bonds. The van der Waals surface area contributed by atoms with Crippen LogP contribution in [-0.2, 0) is 6.54 Å². The van der Waals surface area contributed by atoms with Crippen LogP contribution in [0.3, 0.4) is 0 Å². The zero-order valence-electron chi connectivity index (χ0n) is 17.0. The average Bonchev–Trinajstić information content (AvgIpc) is 3.19. The lowest BCUT2D eigenvalue weighted by Gasteiger charge is -2.06. The fourth-order valence-electron chi connectivity index (χ4n) is 2.99. The Kier molecular flexibility index (Phi) is 5.99. The van der Waals surface area contributed by atoms with Crippen molar-refractivity contribution in [3.63, 3.8) is 0 Å². The van der Waals surface area contributed by atoms with Gasteiger partial charge in [-0.1, -0.05) is 6.07 Å². The Bertz CT molecular complexity index is 1260. The molecular formula is C23H20N4O3S. The van der Waals surface area contributed by atoms with Crippen LogP contribution in [0.15, 0.2) is 86.1 Å². The standard InChI is InChI=1S/C23H20N4O3S/c1-15-13-16(2)25-23(24-15)31-19-9-6-17(7-10-19)26-22(29)20-11-8-18(30-20)14-27-12-4-3-5-21(27)28/h3-13H,14H2,1-2H3,(H,26,29). The number of hydrogen-bond acceptors (Lipinski definition) is 6. The highest BCUT2D eigenvalue weighted by Gasteiger charge is 2.12. The van der Waals surface area contributed by atoms with E-state index in [0.717, 1.165) is 16.3 Å². The van der Waals surface area contributed by atoms with Crippen molar-refractivity contribution in [1.29, 1.82) is 0 Å². The first-order valence-electron chi connectivity index (χ1n) is 9.62. The monoisotopic (exact) mass is 432 g/mol. The molecule has 0 saturated heterocycles. The molecule has 3 heterocycles. The van der Waals surface area contributed by atoms with E-state index in [0.29, 0.717) is 16.6 Å². The molecule has 0 atom stereocenters. The molecule has 3 aromatic heterocycles. The number of rotatable bonds is 6. The number of anilines is 1. The topological polar surface area (TPSA) is 90.0 Å². The Morgan fingerprint density at radius 3 is 2.48 bits per heavy atom. The summed E-state index contributed by atoms with van der Waals surface area (Å²) in [6.07, 6.45) is 1.67. The second kappa shape index (κ2) is 9.01. The van der Waals surface area contributed by atoms with Crippen LogP contribution in [0.4, 0.5) is 5.69 Å². The summed E-state index contributed by atoms with van der Waals surface area (Å²) in [5, 5.41) is 3.50. The number of furan rings is 1. The number of carbonyl (C=O) groups excluding carboxylic acids is 1. The van der Waals surface area contributed by atoms with Crippen molar-refractivity contribution in [2.75, 3.05) is 5.32 Å². The average molecular weight is 433 g/mol. The zero-order chi connectivity index (χ0) is 21.8. The maximum Gasteiger partial charge on any atom is 0.291 e. The molecule has 4 rings (SSSR count). The molecule has 4 aromatic rings. The second-order valence-corrected chi connectivity index (χ2v) is 7.99. The van der Waals surface area contributed by atoms with Crippen molar-refractivity contribution in [3.8, 4) is 0 Å². The summed E-state index contributed by atoms with van der Waals surface area (Å²) in [5.74, 6) is 0.351. The number of pyridine rings is 1. The summed E-state index contributed by atoms with van der Waals surface area (Å²) in [7, 11) is 0. The minimum absolute atomic E-state index is 0.130. The van der Waals surface area contributed by atoms with E-state index < -0.39 is 0 Å². The van der Waals surface area contributed by atoms with Crippen LogP contribution < -0.4 is 10.9 Å². The summed E-state index contributed by atoms with van der Waals surface area (Å²) in [4.78, 5) is 34.1. The SMILES string of the molecule is Cc1cc(C)nc(Sc2ccc(NC(=O)c3ccc(Cn4ccccc4=O)o3)cc2)n1. The Morgan fingerprint density at radius 1 is 1.03 bits per heavy atom. The molecule has 1 aromatic carbocycles. The van der Waals surface area contributed by atoms with Gasteiger partial charge in [-0.05, 0) is 74.1 Å². The number of carbonyl (C=O) groups is 1.